The number of nitrogen functional groups attached to an aromatic ring is 1. The molecule has 0 aliphatic heterocycles. The van der Waals surface area contributed by atoms with E-state index in [1.807, 2.05) is 0 Å². The van der Waals surface area contributed by atoms with E-state index >= 15 is 0 Å². The van der Waals surface area contributed by atoms with Crippen molar-refractivity contribution in [1.82, 2.24) is 10.3 Å². The second kappa shape index (κ2) is 5.84. The molecule has 150 valence electrons. The molecule has 4 fully saturated rings. The second-order valence-electron chi connectivity index (χ2n) is 9.00. The second-order valence-corrected chi connectivity index (χ2v) is 10.00. The molecule has 0 unspecified atom stereocenters. The number of fused-ring (bicyclic) bond motifs is 1. The van der Waals surface area contributed by atoms with Crippen LogP contribution in [0.2, 0.25) is 0 Å². The number of aryl methyl sites for hydroxylation is 1. The monoisotopic (exact) mass is 409 g/mol. The molecule has 1 amide bonds. The summed E-state index contributed by atoms with van der Waals surface area (Å²) in [4.78, 5) is 17.3. The predicted octanol–water partition coefficient (Wildman–Crippen LogP) is 4.90. The van der Waals surface area contributed by atoms with Crippen LogP contribution in [0.5, 0.6) is 0 Å². The van der Waals surface area contributed by atoms with Crippen molar-refractivity contribution in [2.24, 2.45) is 17.8 Å². The molecule has 2 heterocycles. The minimum Gasteiger partial charge on any atom is -0.397 e. The van der Waals surface area contributed by atoms with Crippen molar-refractivity contribution in [1.29, 1.82) is 0 Å². The van der Waals surface area contributed by atoms with Crippen molar-refractivity contribution in [2.45, 2.75) is 57.2 Å². The highest BCUT2D eigenvalue weighted by Crippen LogP contribution is 2.55. The first-order valence-corrected chi connectivity index (χ1v) is 10.5. The summed E-state index contributed by atoms with van der Waals surface area (Å²) < 4.78 is 39.2. The number of carbonyl (C=O) groups is 1. The molecular formula is C20H22F3N3OS. The number of nitrogens with one attached hydrogen (secondary N) is 1. The average molecular weight is 409 g/mol. The number of alkyl halides is 3. The van der Waals surface area contributed by atoms with E-state index < -0.39 is 11.9 Å². The van der Waals surface area contributed by atoms with Crippen molar-refractivity contribution >= 4 is 33.1 Å². The molecule has 0 spiro atoms. The molecule has 4 bridgehead atoms. The number of amides is 1. The Labute approximate surface area is 164 Å². The Hall–Kier alpha value is -1.83. The first-order valence-electron chi connectivity index (χ1n) is 9.73. The summed E-state index contributed by atoms with van der Waals surface area (Å²) in [6.45, 7) is 1.57. The molecule has 0 atom stereocenters. The first-order chi connectivity index (χ1) is 13.1. The Morgan fingerprint density at radius 1 is 1.21 bits per heavy atom. The molecule has 4 aliphatic rings. The molecule has 4 nitrogen and oxygen atoms in total. The van der Waals surface area contributed by atoms with Crippen molar-refractivity contribution in [3.63, 3.8) is 0 Å². The highest BCUT2D eigenvalue weighted by Gasteiger charge is 2.51. The van der Waals surface area contributed by atoms with Crippen LogP contribution in [0, 0.1) is 24.7 Å². The maximum absolute atomic E-state index is 13.1. The number of carbonyl (C=O) groups excluding carboxylic acids is 1. The van der Waals surface area contributed by atoms with Gasteiger partial charge in [-0.05, 0) is 74.8 Å². The van der Waals surface area contributed by atoms with Crippen LogP contribution in [-0.4, -0.2) is 16.4 Å². The fraction of sp³-hybridized carbons (Fsp3) is 0.600. The van der Waals surface area contributed by atoms with E-state index in [0.717, 1.165) is 36.7 Å². The molecular weight excluding hydrogens is 387 g/mol. The van der Waals surface area contributed by atoms with Crippen LogP contribution in [-0.2, 0) is 6.18 Å². The fourth-order valence-electron chi connectivity index (χ4n) is 6.19. The topological polar surface area (TPSA) is 68.0 Å². The summed E-state index contributed by atoms with van der Waals surface area (Å²) in [5, 5.41) is 3.70. The zero-order chi connectivity index (χ0) is 19.8. The number of nitrogens with zero attached hydrogens (tertiary/aromatic N) is 1. The lowest BCUT2D eigenvalue weighted by Gasteiger charge is -2.56. The van der Waals surface area contributed by atoms with Crippen LogP contribution >= 0.6 is 11.3 Å². The van der Waals surface area contributed by atoms with Gasteiger partial charge in [-0.1, -0.05) is 0 Å². The van der Waals surface area contributed by atoms with Gasteiger partial charge in [-0.25, -0.2) is 4.98 Å². The lowest BCUT2D eigenvalue weighted by atomic mass is 9.53. The predicted molar refractivity (Wildman–Crippen MR) is 102 cm³/mol. The number of nitrogens with two attached hydrogens (primary N) is 1. The zero-order valence-electron chi connectivity index (χ0n) is 15.5. The smallest absolute Gasteiger partial charge is 0.397 e. The number of hydrogen-bond donors (Lipinski definition) is 2. The average Bonchev–Trinajstić information content (AvgIpc) is 2.90. The van der Waals surface area contributed by atoms with Crippen LogP contribution in [0.4, 0.5) is 18.9 Å². The number of thiophene rings is 1. The van der Waals surface area contributed by atoms with Gasteiger partial charge in [-0.15, -0.1) is 11.3 Å². The third-order valence-electron chi connectivity index (χ3n) is 6.81. The number of aromatic nitrogens is 1. The summed E-state index contributed by atoms with van der Waals surface area (Å²) in [7, 11) is 0. The maximum atomic E-state index is 13.1. The summed E-state index contributed by atoms with van der Waals surface area (Å²) in [6.07, 6.45) is 2.29. The van der Waals surface area contributed by atoms with Gasteiger partial charge in [0.15, 0.2) is 0 Å². The zero-order valence-corrected chi connectivity index (χ0v) is 16.3. The van der Waals surface area contributed by atoms with E-state index in [4.69, 9.17) is 5.73 Å². The highest BCUT2D eigenvalue weighted by atomic mass is 32.1. The molecule has 3 N–H and O–H groups in total. The third kappa shape index (κ3) is 2.79. The quantitative estimate of drug-likeness (QED) is 0.741. The molecule has 0 aromatic carbocycles. The van der Waals surface area contributed by atoms with Crippen LogP contribution in [0.25, 0.3) is 10.2 Å². The standard InChI is InChI=1S/C20H22F3N3OS/c1-9-2-13(20(21,22)23)25-18-14(9)15(24)16(28-18)17(27)26-19-6-10-3-11(7-19)5-12(4-10)8-19/h2,10-12H,3-8,24H2,1H3,(H,26,27). The van der Waals surface area contributed by atoms with Gasteiger partial charge < -0.3 is 11.1 Å². The molecule has 0 saturated heterocycles. The Kier molecular flexibility index (Phi) is 3.80. The van der Waals surface area contributed by atoms with E-state index in [9.17, 15) is 18.0 Å². The number of rotatable bonds is 2. The SMILES string of the molecule is Cc1cc(C(F)(F)F)nc2sc(C(=O)NC34CC5CC(CC(C5)C3)C4)c(N)c12. The summed E-state index contributed by atoms with van der Waals surface area (Å²) in [6, 6.07) is 0.992. The van der Waals surface area contributed by atoms with E-state index in [1.54, 1.807) is 6.92 Å². The summed E-state index contributed by atoms with van der Waals surface area (Å²) in [5.74, 6) is 1.79. The van der Waals surface area contributed by atoms with Crippen molar-refractivity contribution in [3.05, 3.63) is 22.2 Å². The molecule has 2 aromatic rings. The van der Waals surface area contributed by atoms with Crippen molar-refractivity contribution < 1.29 is 18.0 Å². The lowest BCUT2D eigenvalue weighted by Crippen LogP contribution is -2.59. The van der Waals surface area contributed by atoms with Crippen LogP contribution < -0.4 is 11.1 Å². The van der Waals surface area contributed by atoms with Gasteiger partial charge in [0.05, 0.1) is 5.69 Å². The number of hydrogen-bond acceptors (Lipinski definition) is 4. The van der Waals surface area contributed by atoms with Gasteiger partial charge in [0.1, 0.15) is 15.4 Å². The normalized spacial score (nSPS) is 31.5. The molecule has 28 heavy (non-hydrogen) atoms. The summed E-state index contributed by atoms with van der Waals surface area (Å²) in [5.41, 5.74) is 5.70. The summed E-state index contributed by atoms with van der Waals surface area (Å²) >= 11 is 0.957. The molecule has 2 aromatic heterocycles. The Bertz CT molecular complexity index is 946. The van der Waals surface area contributed by atoms with Gasteiger partial charge in [-0.2, -0.15) is 13.2 Å². The Morgan fingerprint density at radius 2 is 1.79 bits per heavy atom. The van der Waals surface area contributed by atoms with Crippen LogP contribution in [0.3, 0.4) is 0 Å². The van der Waals surface area contributed by atoms with Gasteiger partial charge >= 0.3 is 6.18 Å². The fourth-order valence-corrected chi connectivity index (χ4v) is 7.25. The Balaban J connectivity index is 1.48. The molecule has 4 aliphatic carbocycles. The minimum absolute atomic E-state index is 0.167. The van der Waals surface area contributed by atoms with E-state index in [0.29, 0.717) is 28.7 Å². The molecule has 4 saturated carbocycles. The number of anilines is 1. The first kappa shape index (κ1) is 18.2. The van der Waals surface area contributed by atoms with E-state index in [1.165, 1.54) is 19.3 Å². The van der Waals surface area contributed by atoms with Crippen LogP contribution in [0.15, 0.2) is 6.07 Å². The molecule has 6 rings (SSSR count). The van der Waals surface area contributed by atoms with Gasteiger partial charge in [0.2, 0.25) is 0 Å². The minimum atomic E-state index is -4.53. The van der Waals surface area contributed by atoms with Crippen molar-refractivity contribution in [2.75, 3.05) is 5.73 Å². The van der Waals surface area contributed by atoms with Crippen LogP contribution in [0.1, 0.15) is 59.5 Å². The number of pyridine rings is 1. The highest BCUT2D eigenvalue weighted by molar-refractivity contribution is 7.21. The third-order valence-corrected chi connectivity index (χ3v) is 7.91. The Morgan fingerprint density at radius 3 is 2.32 bits per heavy atom. The van der Waals surface area contributed by atoms with E-state index in [2.05, 4.69) is 10.3 Å². The van der Waals surface area contributed by atoms with E-state index in [-0.39, 0.29) is 26.8 Å². The largest absolute Gasteiger partial charge is 0.433 e. The number of halogens is 3. The maximum Gasteiger partial charge on any atom is 0.433 e. The molecule has 8 heteroatoms. The lowest BCUT2D eigenvalue weighted by molar-refractivity contribution is -0.141. The van der Waals surface area contributed by atoms with Gasteiger partial charge in [0.25, 0.3) is 5.91 Å². The van der Waals surface area contributed by atoms with Gasteiger partial charge in [0, 0.05) is 10.9 Å². The van der Waals surface area contributed by atoms with Gasteiger partial charge in [-0.3, -0.25) is 4.79 Å². The van der Waals surface area contributed by atoms with Crippen molar-refractivity contribution in [3.8, 4) is 0 Å². The molecule has 0 radical (unpaired) electrons.